The summed E-state index contributed by atoms with van der Waals surface area (Å²) in [5, 5.41) is 8.70. The molecule has 5 rings (SSSR count). The molecular weight excluding hydrogens is 420 g/mol. The Morgan fingerprint density at radius 3 is 1.79 bits per heavy atom. The first-order chi connectivity index (χ1) is 16.7. The number of carbonyl (C=O) groups excluding carboxylic acids is 1. The van der Waals surface area contributed by atoms with Gasteiger partial charge in [0.15, 0.2) is 5.78 Å². The average molecular weight is 447 g/mol. The predicted molar refractivity (Wildman–Crippen MR) is 135 cm³/mol. The van der Waals surface area contributed by atoms with Gasteiger partial charge in [-0.05, 0) is 28.8 Å². The Morgan fingerprint density at radius 1 is 0.706 bits per heavy atom. The summed E-state index contributed by atoms with van der Waals surface area (Å²) in [7, 11) is 0. The zero-order valence-corrected chi connectivity index (χ0v) is 18.9. The summed E-state index contributed by atoms with van der Waals surface area (Å²) in [6, 6.07) is 30.2. The molecule has 1 aliphatic rings. The first-order valence-corrected chi connectivity index (χ1v) is 11.4. The summed E-state index contributed by atoms with van der Waals surface area (Å²) in [5.41, 5.74) is 5.71. The smallest absolute Gasteiger partial charge is 0.187 e. The van der Waals surface area contributed by atoms with E-state index >= 15 is 0 Å². The second-order valence-corrected chi connectivity index (χ2v) is 8.53. The van der Waals surface area contributed by atoms with Crippen molar-refractivity contribution in [3.8, 4) is 0 Å². The summed E-state index contributed by atoms with van der Waals surface area (Å²) >= 11 is 0. The SMILES string of the molecule is O=C1C(=Cc2ccccc2)CN(Cc2cn(Cc3ccccc3)nn2)CC1=Cc1ccccc1. The highest BCUT2D eigenvalue weighted by Gasteiger charge is 2.26. The third kappa shape index (κ3) is 5.45. The van der Waals surface area contributed by atoms with Crippen LogP contribution in [-0.4, -0.2) is 38.8 Å². The van der Waals surface area contributed by atoms with Crippen molar-refractivity contribution in [2.75, 3.05) is 13.1 Å². The van der Waals surface area contributed by atoms with E-state index in [0.717, 1.165) is 28.0 Å². The number of piperidine rings is 1. The zero-order chi connectivity index (χ0) is 23.2. The number of Topliss-reactive ketones (excluding diaryl/α,β-unsaturated/α-hetero) is 1. The van der Waals surface area contributed by atoms with Gasteiger partial charge >= 0.3 is 0 Å². The van der Waals surface area contributed by atoms with Crippen molar-refractivity contribution in [2.24, 2.45) is 0 Å². The molecule has 0 unspecified atom stereocenters. The standard InChI is InChI=1S/C29H26N4O/c34-29-26(16-23-10-4-1-5-11-23)19-32(20-27(29)17-24-12-6-2-7-13-24)21-28-22-33(31-30-28)18-25-14-8-3-9-15-25/h1-17,22H,18-21H2. The fourth-order valence-electron chi connectivity index (χ4n) is 4.21. The number of nitrogens with zero attached hydrogens (tertiary/aromatic N) is 4. The maximum Gasteiger partial charge on any atom is 0.187 e. The van der Waals surface area contributed by atoms with Crippen LogP contribution in [0, 0.1) is 0 Å². The van der Waals surface area contributed by atoms with Crippen LogP contribution >= 0.6 is 0 Å². The molecule has 4 aromatic rings. The molecule has 34 heavy (non-hydrogen) atoms. The molecule has 0 aliphatic carbocycles. The second-order valence-electron chi connectivity index (χ2n) is 8.53. The fraction of sp³-hybridized carbons (Fsp3) is 0.138. The number of aromatic nitrogens is 3. The normalized spacial score (nSPS) is 16.9. The third-order valence-corrected chi connectivity index (χ3v) is 5.81. The third-order valence-electron chi connectivity index (χ3n) is 5.81. The summed E-state index contributed by atoms with van der Waals surface area (Å²) in [5.74, 6) is 0.108. The number of hydrogen-bond acceptors (Lipinski definition) is 4. The van der Waals surface area contributed by atoms with E-state index in [2.05, 4.69) is 27.3 Å². The van der Waals surface area contributed by atoms with Gasteiger partial charge in [0.25, 0.3) is 0 Å². The highest BCUT2D eigenvalue weighted by molar-refractivity contribution is 6.14. The molecule has 0 N–H and O–H groups in total. The number of ketones is 1. The molecule has 168 valence electrons. The Kier molecular flexibility index (Phi) is 6.54. The Hall–Kier alpha value is -4.09. The molecular formula is C29H26N4O. The summed E-state index contributed by atoms with van der Waals surface area (Å²) < 4.78 is 1.86. The summed E-state index contributed by atoms with van der Waals surface area (Å²) in [4.78, 5) is 15.6. The number of rotatable bonds is 6. The van der Waals surface area contributed by atoms with E-state index in [9.17, 15) is 4.79 Å². The van der Waals surface area contributed by atoms with Gasteiger partial charge in [-0.15, -0.1) is 5.10 Å². The maximum absolute atomic E-state index is 13.3. The van der Waals surface area contributed by atoms with E-state index < -0.39 is 0 Å². The fourth-order valence-corrected chi connectivity index (χ4v) is 4.21. The van der Waals surface area contributed by atoms with Crippen LogP contribution in [0.1, 0.15) is 22.4 Å². The van der Waals surface area contributed by atoms with E-state index in [0.29, 0.717) is 26.2 Å². The quantitative estimate of drug-likeness (QED) is 0.396. The lowest BCUT2D eigenvalue weighted by Crippen LogP contribution is -2.37. The van der Waals surface area contributed by atoms with Crippen LogP contribution in [0.25, 0.3) is 12.2 Å². The topological polar surface area (TPSA) is 51.0 Å². The molecule has 0 amide bonds. The highest BCUT2D eigenvalue weighted by atomic mass is 16.1. The largest absolute Gasteiger partial charge is 0.289 e. The van der Waals surface area contributed by atoms with Crippen LogP contribution in [0.3, 0.4) is 0 Å². The Balaban J connectivity index is 1.38. The molecule has 0 spiro atoms. The van der Waals surface area contributed by atoms with Crippen molar-refractivity contribution >= 4 is 17.9 Å². The Morgan fingerprint density at radius 2 is 1.24 bits per heavy atom. The van der Waals surface area contributed by atoms with E-state index in [1.165, 1.54) is 5.56 Å². The van der Waals surface area contributed by atoms with Gasteiger partial charge in [-0.3, -0.25) is 9.69 Å². The van der Waals surface area contributed by atoms with Crippen molar-refractivity contribution in [1.29, 1.82) is 0 Å². The lowest BCUT2D eigenvalue weighted by Gasteiger charge is -2.29. The molecule has 5 heteroatoms. The summed E-state index contributed by atoms with van der Waals surface area (Å²) in [6.07, 6.45) is 5.99. The Bertz CT molecular complexity index is 1250. The van der Waals surface area contributed by atoms with Gasteiger partial charge in [-0.25, -0.2) is 4.68 Å². The van der Waals surface area contributed by atoms with Crippen molar-refractivity contribution in [2.45, 2.75) is 13.1 Å². The predicted octanol–water partition coefficient (Wildman–Crippen LogP) is 4.88. The molecule has 0 saturated carbocycles. The van der Waals surface area contributed by atoms with E-state index in [4.69, 9.17) is 0 Å². The van der Waals surface area contributed by atoms with Gasteiger partial charge in [0.05, 0.1) is 18.4 Å². The van der Waals surface area contributed by atoms with Crippen LogP contribution < -0.4 is 0 Å². The van der Waals surface area contributed by atoms with Crippen molar-refractivity contribution in [3.05, 3.63) is 131 Å². The Labute approximate surface area is 199 Å². The number of benzene rings is 3. The molecule has 1 fully saturated rings. The van der Waals surface area contributed by atoms with Gasteiger partial charge in [0, 0.05) is 30.8 Å². The molecule has 2 heterocycles. The average Bonchev–Trinajstić information content (AvgIpc) is 3.30. The van der Waals surface area contributed by atoms with Gasteiger partial charge in [-0.1, -0.05) is 96.2 Å². The van der Waals surface area contributed by atoms with Gasteiger partial charge in [0.1, 0.15) is 0 Å². The van der Waals surface area contributed by atoms with E-state index in [1.54, 1.807) is 0 Å². The minimum absolute atomic E-state index is 0.108. The van der Waals surface area contributed by atoms with Gasteiger partial charge < -0.3 is 0 Å². The highest BCUT2D eigenvalue weighted by Crippen LogP contribution is 2.23. The molecule has 5 nitrogen and oxygen atoms in total. The van der Waals surface area contributed by atoms with Gasteiger partial charge in [0.2, 0.25) is 0 Å². The monoisotopic (exact) mass is 446 g/mol. The van der Waals surface area contributed by atoms with Crippen LogP contribution in [0.15, 0.2) is 108 Å². The minimum atomic E-state index is 0.108. The first kappa shape index (κ1) is 21.7. The molecule has 0 atom stereocenters. The molecule has 0 bridgehead atoms. The van der Waals surface area contributed by atoms with Crippen molar-refractivity contribution in [1.82, 2.24) is 19.9 Å². The first-order valence-electron chi connectivity index (χ1n) is 11.4. The molecule has 0 radical (unpaired) electrons. The van der Waals surface area contributed by atoms with Crippen LogP contribution in [0.5, 0.6) is 0 Å². The summed E-state index contributed by atoms with van der Waals surface area (Å²) in [6.45, 7) is 2.46. The zero-order valence-electron chi connectivity index (χ0n) is 18.9. The molecule has 1 aliphatic heterocycles. The maximum atomic E-state index is 13.3. The number of hydrogen-bond donors (Lipinski definition) is 0. The number of likely N-dealkylation sites (tertiary alicyclic amines) is 1. The van der Waals surface area contributed by atoms with Crippen LogP contribution in [0.4, 0.5) is 0 Å². The lowest BCUT2D eigenvalue weighted by atomic mass is 9.94. The van der Waals surface area contributed by atoms with Crippen LogP contribution in [0.2, 0.25) is 0 Å². The minimum Gasteiger partial charge on any atom is -0.289 e. The van der Waals surface area contributed by atoms with Crippen molar-refractivity contribution < 1.29 is 4.79 Å². The lowest BCUT2D eigenvalue weighted by molar-refractivity contribution is -0.113. The van der Waals surface area contributed by atoms with Crippen LogP contribution in [-0.2, 0) is 17.9 Å². The number of carbonyl (C=O) groups is 1. The molecule has 1 saturated heterocycles. The van der Waals surface area contributed by atoms with Crippen molar-refractivity contribution in [3.63, 3.8) is 0 Å². The molecule has 1 aromatic heterocycles. The van der Waals surface area contributed by atoms with E-state index in [-0.39, 0.29) is 5.78 Å². The second kappa shape index (κ2) is 10.2. The van der Waals surface area contributed by atoms with Gasteiger partial charge in [-0.2, -0.15) is 0 Å². The van der Waals surface area contributed by atoms with E-state index in [1.807, 2.05) is 102 Å². The molecule has 3 aromatic carbocycles.